The molecule has 0 saturated carbocycles. The van der Waals surface area contributed by atoms with Crippen molar-refractivity contribution in [1.29, 1.82) is 0 Å². The van der Waals surface area contributed by atoms with E-state index >= 15 is 0 Å². The molecule has 0 atom stereocenters. The van der Waals surface area contributed by atoms with Gasteiger partial charge >= 0.3 is 0 Å². The lowest BCUT2D eigenvalue weighted by molar-refractivity contribution is 0.101. The summed E-state index contributed by atoms with van der Waals surface area (Å²) < 4.78 is 7.55. The number of hydrogen-bond acceptors (Lipinski definition) is 2. The minimum Gasteiger partial charge on any atom is -0.488 e. The van der Waals surface area contributed by atoms with Crippen LogP contribution < -0.4 is 4.74 Å². The molecule has 0 aliphatic heterocycles. The van der Waals surface area contributed by atoms with E-state index < -0.39 is 0 Å². The molecule has 2 aromatic rings. The molecule has 0 aliphatic rings. The van der Waals surface area contributed by atoms with Crippen LogP contribution in [-0.2, 0) is 6.61 Å². The van der Waals surface area contributed by atoms with Gasteiger partial charge in [0.1, 0.15) is 12.4 Å². The van der Waals surface area contributed by atoms with Gasteiger partial charge in [-0.25, -0.2) is 0 Å². The molecule has 98 valence electrons. The second-order valence-corrected chi connectivity index (χ2v) is 5.79. The third kappa shape index (κ3) is 3.67. The maximum absolute atomic E-state index is 11.3. The van der Waals surface area contributed by atoms with Gasteiger partial charge in [-0.05, 0) is 47.1 Å². The Labute approximate surface area is 129 Å². The van der Waals surface area contributed by atoms with Gasteiger partial charge in [0.2, 0.25) is 0 Å². The molecule has 0 heterocycles. The highest BCUT2D eigenvalue weighted by Gasteiger charge is 2.06. The zero-order chi connectivity index (χ0) is 13.8. The van der Waals surface area contributed by atoms with Crippen LogP contribution in [0.5, 0.6) is 5.75 Å². The molecule has 2 rings (SSSR count). The Bertz CT molecular complexity index is 609. The number of ketones is 1. The molecular formula is C15H12Br2O2. The molecule has 19 heavy (non-hydrogen) atoms. The first-order valence-corrected chi connectivity index (χ1v) is 7.33. The largest absolute Gasteiger partial charge is 0.488 e. The van der Waals surface area contributed by atoms with Crippen LogP contribution in [0.4, 0.5) is 0 Å². The van der Waals surface area contributed by atoms with Gasteiger partial charge in [-0.1, -0.05) is 34.1 Å². The number of Topliss-reactive ketones (excluding diaryl/α,β-unsaturated/α-hetero) is 1. The summed E-state index contributed by atoms with van der Waals surface area (Å²) in [6.45, 7) is 2.02. The van der Waals surface area contributed by atoms with Crippen molar-refractivity contribution < 1.29 is 9.53 Å². The van der Waals surface area contributed by atoms with E-state index in [1.54, 1.807) is 25.1 Å². The van der Waals surface area contributed by atoms with Crippen LogP contribution in [0.25, 0.3) is 0 Å². The molecule has 0 saturated heterocycles. The van der Waals surface area contributed by atoms with Crippen molar-refractivity contribution in [3.05, 3.63) is 62.5 Å². The number of hydrogen-bond donors (Lipinski definition) is 0. The van der Waals surface area contributed by atoms with Gasteiger partial charge in [-0.2, -0.15) is 0 Å². The molecule has 2 nitrogen and oxygen atoms in total. The number of rotatable bonds is 4. The zero-order valence-electron chi connectivity index (χ0n) is 10.3. The molecule has 0 radical (unpaired) electrons. The van der Waals surface area contributed by atoms with Crippen LogP contribution in [-0.4, -0.2) is 5.78 Å². The average molecular weight is 384 g/mol. The molecular weight excluding hydrogens is 372 g/mol. The summed E-state index contributed by atoms with van der Waals surface area (Å²) in [6, 6.07) is 13.3. The first-order chi connectivity index (χ1) is 9.08. The van der Waals surface area contributed by atoms with Crippen molar-refractivity contribution in [1.82, 2.24) is 0 Å². The van der Waals surface area contributed by atoms with Gasteiger partial charge in [0, 0.05) is 15.6 Å². The van der Waals surface area contributed by atoms with Gasteiger partial charge in [0.25, 0.3) is 0 Å². The molecule has 4 heteroatoms. The molecule has 0 spiro atoms. The van der Waals surface area contributed by atoms with Crippen molar-refractivity contribution in [3.8, 4) is 5.75 Å². The lowest BCUT2D eigenvalue weighted by atomic mass is 10.1. The average Bonchev–Trinajstić information content (AvgIpc) is 2.39. The first kappa shape index (κ1) is 14.3. The molecule has 0 bridgehead atoms. The fourth-order valence-corrected chi connectivity index (χ4v) is 2.50. The van der Waals surface area contributed by atoms with E-state index in [1.807, 2.05) is 24.3 Å². The SMILES string of the molecule is CC(=O)c1ccc(OCc2ccccc2Br)c(Br)c1. The molecule has 2 aromatic carbocycles. The highest BCUT2D eigenvalue weighted by Crippen LogP contribution is 2.28. The summed E-state index contributed by atoms with van der Waals surface area (Å²) in [7, 11) is 0. The highest BCUT2D eigenvalue weighted by molar-refractivity contribution is 9.10. The van der Waals surface area contributed by atoms with Crippen molar-refractivity contribution in [3.63, 3.8) is 0 Å². The first-order valence-electron chi connectivity index (χ1n) is 5.74. The van der Waals surface area contributed by atoms with Crippen molar-refractivity contribution in [2.24, 2.45) is 0 Å². The number of halogens is 2. The molecule has 0 N–H and O–H groups in total. The highest BCUT2D eigenvalue weighted by atomic mass is 79.9. The van der Waals surface area contributed by atoms with Gasteiger partial charge in [-0.3, -0.25) is 4.79 Å². The molecule has 0 amide bonds. The Hall–Kier alpha value is -1.13. The maximum Gasteiger partial charge on any atom is 0.159 e. The van der Waals surface area contributed by atoms with Crippen LogP contribution >= 0.6 is 31.9 Å². The number of carbonyl (C=O) groups excluding carboxylic acids is 1. The van der Waals surface area contributed by atoms with E-state index in [0.29, 0.717) is 12.2 Å². The summed E-state index contributed by atoms with van der Waals surface area (Å²) in [4.78, 5) is 11.3. The topological polar surface area (TPSA) is 26.3 Å². The Morgan fingerprint density at radius 1 is 1.11 bits per heavy atom. The predicted octanol–water partition coefficient (Wildman–Crippen LogP) is 4.99. The maximum atomic E-state index is 11.3. The van der Waals surface area contributed by atoms with E-state index in [4.69, 9.17) is 4.74 Å². The van der Waals surface area contributed by atoms with E-state index in [-0.39, 0.29) is 5.78 Å². The fourth-order valence-electron chi connectivity index (χ4n) is 1.61. The second kappa shape index (κ2) is 6.35. The van der Waals surface area contributed by atoms with E-state index in [2.05, 4.69) is 31.9 Å². The van der Waals surface area contributed by atoms with Gasteiger partial charge in [0.15, 0.2) is 5.78 Å². The van der Waals surface area contributed by atoms with Gasteiger partial charge in [-0.15, -0.1) is 0 Å². The summed E-state index contributed by atoms with van der Waals surface area (Å²) >= 11 is 6.90. The standard InChI is InChI=1S/C15H12Br2O2/c1-10(18)11-6-7-15(14(17)8-11)19-9-12-4-2-3-5-13(12)16/h2-8H,9H2,1H3. The molecule has 0 fully saturated rings. The lowest BCUT2D eigenvalue weighted by Gasteiger charge is -2.10. The van der Waals surface area contributed by atoms with Gasteiger partial charge < -0.3 is 4.74 Å². The Kier molecular flexibility index (Phi) is 4.77. The van der Waals surface area contributed by atoms with E-state index in [1.165, 1.54) is 0 Å². The zero-order valence-corrected chi connectivity index (χ0v) is 13.5. The molecule has 0 unspecified atom stereocenters. The predicted molar refractivity (Wildman–Crippen MR) is 82.6 cm³/mol. The van der Waals surface area contributed by atoms with Crippen molar-refractivity contribution in [2.45, 2.75) is 13.5 Å². The summed E-state index contributed by atoms with van der Waals surface area (Å²) in [5.41, 5.74) is 1.74. The third-order valence-electron chi connectivity index (χ3n) is 2.68. The smallest absolute Gasteiger partial charge is 0.159 e. The summed E-state index contributed by atoms with van der Waals surface area (Å²) in [5, 5.41) is 0. The monoisotopic (exact) mass is 382 g/mol. The summed E-state index contributed by atoms with van der Waals surface area (Å²) in [6.07, 6.45) is 0. The molecule has 0 aliphatic carbocycles. The molecule has 0 aromatic heterocycles. The normalized spacial score (nSPS) is 10.3. The number of ether oxygens (including phenoxy) is 1. The minimum absolute atomic E-state index is 0.0399. The van der Waals surface area contributed by atoms with E-state index in [9.17, 15) is 4.79 Å². The van der Waals surface area contributed by atoms with Crippen LogP contribution in [0.2, 0.25) is 0 Å². The minimum atomic E-state index is 0.0399. The van der Waals surface area contributed by atoms with Crippen LogP contribution in [0, 0.1) is 0 Å². The Morgan fingerprint density at radius 2 is 1.84 bits per heavy atom. The fraction of sp³-hybridized carbons (Fsp3) is 0.133. The third-order valence-corrected chi connectivity index (χ3v) is 4.07. The Morgan fingerprint density at radius 3 is 2.47 bits per heavy atom. The quantitative estimate of drug-likeness (QED) is 0.695. The van der Waals surface area contributed by atoms with Crippen molar-refractivity contribution >= 4 is 37.6 Å². The van der Waals surface area contributed by atoms with Crippen LogP contribution in [0.15, 0.2) is 51.4 Å². The summed E-state index contributed by atoms with van der Waals surface area (Å²) in [5.74, 6) is 0.763. The number of carbonyl (C=O) groups is 1. The van der Waals surface area contributed by atoms with E-state index in [0.717, 1.165) is 20.3 Å². The lowest BCUT2D eigenvalue weighted by Crippen LogP contribution is -1.98. The van der Waals surface area contributed by atoms with Crippen LogP contribution in [0.1, 0.15) is 22.8 Å². The number of benzene rings is 2. The van der Waals surface area contributed by atoms with Crippen molar-refractivity contribution in [2.75, 3.05) is 0 Å². The Balaban J connectivity index is 2.12. The van der Waals surface area contributed by atoms with Crippen LogP contribution in [0.3, 0.4) is 0 Å². The van der Waals surface area contributed by atoms with Gasteiger partial charge in [0.05, 0.1) is 4.47 Å². The second-order valence-electron chi connectivity index (χ2n) is 4.08.